The van der Waals surface area contributed by atoms with Gasteiger partial charge in [0.2, 0.25) is 5.91 Å². The lowest BCUT2D eigenvalue weighted by Gasteiger charge is -2.18. The Kier molecular flexibility index (Phi) is 5.39. The van der Waals surface area contributed by atoms with Crippen molar-refractivity contribution in [3.63, 3.8) is 0 Å². The Morgan fingerprint density at radius 2 is 1.90 bits per heavy atom. The summed E-state index contributed by atoms with van der Waals surface area (Å²) in [6.45, 7) is 0.192. The van der Waals surface area contributed by atoms with Crippen LogP contribution in [0.5, 0.6) is 0 Å². The van der Waals surface area contributed by atoms with Crippen molar-refractivity contribution < 1.29 is 22.8 Å². The number of hydrogen-bond acceptors (Lipinski definition) is 3. The number of para-hydroxylation sites is 1. The van der Waals surface area contributed by atoms with Crippen LogP contribution in [0.1, 0.15) is 22.6 Å². The van der Waals surface area contributed by atoms with Crippen LogP contribution in [-0.2, 0) is 22.2 Å². The first-order valence-electron chi connectivity index (χ1n) is 9.78. The number of amides is 1. The van der Waals surface area contributed by atoms with Crippen molar-refractivity contribution in [2.75, 3.05) is 13.6 Å². The van der Waals surface area contributed by atoms with Gasteiger partial charge in [-0.2, -0.15) is 18.3 Å². The summed E-state index contributed by atoms with van der Waals surface area (Å²) in [7, 11) is 1.56. The third-order valence-electron chi connectivity index (χ3n) is 5.61. The average Bonchev–Trinajstić information content (AvgIpc) is 3.37. The minimum atomic E-state index is -4.49. The van der Waals surface area contributed by atoms with Crippen LogP contribution < -0.4 is 0 Å². The summed E-state index contributed by atoms with van der Waals surface area (Å²) in [5.41, 5.74) is 0.963. The molecular formula is C23H20F3N3O2. The Morgan fingerprint density at radius 1 is 1.13 bits per heavy atom. The third kappa shape index (κ3) is 4.10. The molecule has 8 heteroatoms. The summed E-state index contributed by atoms with van der Waals surface area (Å²) < 4.78 is 41.2. The van der Waals surface area contributed by atoms with Crippen LogP contribution in [-0.4, -0.2) is 40.0 Å². The molecule has 2 aromatic carbocycles. The van der Waals surface area contributed by atoms with Crippen molar-refractivity contribution >= 4 is 11.7 Å². The second kappa shape index (κ2) is 8.02. The summed E-state index contributed by atoms with van der Waals surface area (Å²) in [6.07, 6.45) is -1.14. The van der Waals surface area contributed by atoms with E-state index in [2.05, 4.69) is 5.10 Å². The van der Waals surface area contributed by atoms with Gasteiger partial charge in [-0.05, 0) is 29.3 Å². The normalized spacial score (nSPS) is 19.1. The number of rotatable bonds is 5. The number of carbonyl (C=O) groups is 2. The number of likely N-dealkylation sites (tertiary alicyclic amines) is 1. The number of alkyl halides is 3. The van der Waals surface area contributed by atoms with Crippen LogP contribution in [0.4, 0.5) is 13.2 Å². The molecule has 5 nitrogen and oxygen atoms in total. The molecule has 2 atom stereocenters. The Labute approximate surface area is 177 Å². The zero-order valence-corrected chi connectivity index (χ0v) is 16.7. The van der Waals surface area contributed by atoms with Gasteiger partial charge in [-0.25, -0.2) is 4.68 Å². The molecule has 0 aliphatic carbocycles. The van der Waals surface area contributed by atoms with Crippen LogP contribution in [0.2, 0.25) is 0 Å². The average molecular weight is 427 g/mol. The molecule has 1 aromatic heterocycles. The largest absolute Gasteiger partial charge is 0.416 e. The second-order valence-corrected chi connectivity index (χ2v) is 7.65. The Hall–Kier alpha value is -3.42. The van der Waals surface area contributed by atoms with E-state index in [1.54, 1.807) is 48.4 Å². The summed E-state index contributed by atoms with van der Waals surface area (Å²) in [5, 5.41) is 4.20. The fraction of sp³-hybridized carbons (Fsp3) is 0.261. The fourth-order valence-electron chi connectivity index (χ4n) is 4.10. The lowest BCUT2D eigenvalue weighted by molar-refractivity contribution is -0.137. The molecule has 1 saturated heterocycles. The predicted molar refractivity (Wildman–Crippen MR) is 108 cm³/mol. The minimum Gasteiger partial charge on any atom is -0.344 e. The maximum absolute atomic E-state index is 13.3. The van der Waals surface area contributed by atoms with Crippen molar-refractivity contribution in [2.24, 2.45) is 5.92 Å². The lowest BCUT2D eigenvalue weighted by Crippen LogP contribution is -2.29. The van der Waals surface area contributed by atoms with E-state index in [0.29, 0.717) is 11.1 Å². The van der Waals surface area contributed by atoms with Gasteiger partial charge in [0.1, 0.15) is 11.7 Å². The number of ketones is 1. The fourth-order valence-corrected chi connectivity index (χ4v) is 4.10. The van der Waals surface area contributed by atoms with Crippen LogP contribution in [0.15, 0.2) is 67.0 Å². The van der Waals surface area contributed by atoms with E-state index >= 15 is 0 Å². The molecule has 0 saturated carbocycles. The minimum absolute atomic E-state index is 0.0181. The maximum atomic E-state index is 13.3. The topological polar surface area (TPSA) is 55.2 Å². The zero-order chi connectivity index (χ0) is 22.2. The number of benzene rings is 2. The number of likely N-dealkylation sites (N-methyl/N-ethyl adjacent to an activating group) is 1. The van der Waals surface area contributed by atoms with Gasteiger partial charge < -0.3 is 4.90 Å². The van der Waals surface area contributed by atoms with Crippen molar-refractivity contribution in [3.8, 4) is 5.69 Å². The Bertz CT molecular complexity index is 1110. The SMILES string of the molecule is CN1C[C@H](c2cccc(C(F)(F)F)c2)[C@@H](C(=O)Cc2ccccc2-n2cccn2)C1=O. The molecule has 4 rings (SSSR count). The summed E-state index contributed by atoms with van der Waals surface area (Å²) >= 11 is 0. The predicted octanol–water partition coefficient (Wildman–Crippen LogP) is 3.87. The first kappa shape index (κ1) is 20.8. The number of aromatic nitrogens is 2. The molecule has 1 aliphatic heterocycles. The van der Waals surface area contributed by atoms with Gasteiger partial charge in [0.25, 0.3) is 0 Å². The van der Waals surface area contributed by atoms with Gasteiger partial charge in [0.05, 0.1) is 11.3 Å². The number of nitrogens with zero attached hydrogens (tertiary/aromatic N) is 3. The Balaban J connectivity index is 1.65. The number of Topliss-reactive ketones (excluding diaryl/α,β-unsaturated/α-hetero) is 1. The Morgan fingerprint density at radius 3 is 2.61 bits per heavy atom. The van der Waals surface area contributed by atoms with Crippen molar-refractivity contribution in [2.45, 2.75) is 18.5 Å². The quantitative estimate of drug-likeness (QED) is 0.581. The standard InChI is InChI=1S/C23H20F3N3O2/c1-28-14-18(15-7-4-8-17(12-15)23(24,25)26)21(22(28)31)20(30)13-16-6-2-3-9-19(16)29-11-5-10-27-29/h2-12,18,21H,13-14H2,1H3/t18-,21+/m1/s1. The van der Waals surface area contributed by atoms with Gasteiger partial charge in [0.15, 0.2) is 0 Å². The maximum Gasteiger partial charge on any atom is 0.416 e. The smallest absolute Gasteiger partial charge is 0.344 e. The summed E-state index contributed by atoms with van der Waals surface area (Å²) in [5.74, 6) is -2.36. The van der Waals surface area contributed by atoms with Gasteiger partial charge in [0, 0.05) is 38.3 Å². The van der Waals surface area contributed by atoms with Crippen molar-refractivity contribution in [1.29, 1.82) is 0 Å². The first-order valence-corrected chi connectivity index (χ1v) is 9.78. The number of carbonyl (C=O) groups excluding carboxylic acids is 2. The highest BCUT2D eigenvalue weighted by Crippen LogP contribution is 2.37. The van der Waals surface area contributed by atoms with Crippen molar-refractivity contribution in [3.05, 3.63) is 83.7 Å². The highest BCUT2D eigenvalue weighted by Gasteiger charge is 2.44. The molecule has 1 fully saturated rings. The third-order valence-corrected chi connectivity index (χ3v) is 5.61. The van der Waals surface area contributed by atoms with E-state index in [0.717, 1.165) is 17.8 Å². The second-order valence-electron chi connectivity index (χ2n) is 7.65. The summed E-state index contributed by atoms with van der Waals surface area (Å²) in [4.78, 5) is 27.4. The number of hydrogen-bond donors (Lipinski definition) is 0. The van der Waals surface area contributed by atoms with E-state index in [1.165, 1.54) is 11.0 Å². The lowest BCUT2D eigenvalue weighted by atomic mass is 9.83. The molecule has 0 bridgehead atoms. The van der Waals surface area contributed by atoms with Crippen LogP contribution >= 0.6 is 0 Å². The van der Waals surface area contributed by atoms with E-state index in [9.17, 15) is 22.8 Å². The molecule has 1 amide bonds. The number of halogens is 3. The van der Waals surface area contributed by atoms with Gasteiger partial charge in [-0.1, -0.05) is 36.4 Å². The summed E-state index contributed by atoms with van der Waals surface area (Å²) in [6, 6.07) is 13.9. The van der Waals surface area contributed by atoms with E-state index in [4.69, 9.17) is 0 Å². The van der Waals surface area contributed by atoms with Crippen LogP contribution in [0.25, 0.3) is 5.69 Å². The van der Waals surface area contributed by atoms with Crippen LogP contribution in [0, 0.1) is 5.92 Å². The van der Waals surface area contributed by atoms with Gasteiger partial charge in [-0.3, -0.25) is 9.59 Å². The van der Waals surface area contributed by atoms with E-state index in [1.807, 2.05) is 12.1 Å². The molecule has 160 valence electrons. The molecule has 0 radical (unpaired) electrons. The van der Waals surface area contributed by atoms with Gasteiger partial charge >= 0.3 is 6.18 Å². The molecular weight excluding hydrogens is 407 g/mol. The highest BCUT2D eigenvalue weighted by molar-refractivity contribution is 6.04. The van der Waals surface area contributed by atoms with Crippen molar-refractivity contribution in [1.82, 2.24) is 14.7 Å². The van der Waals surface area contributed by atoms with Gasteiger partial charge in [-0.15, -0.1) is 0 Å². The monoisotopic (exact) mass is 427 g/mol. The first-order chi connectivity index (χ1) is 14.8. The molecule has 0 spiro atoms. The molecule has 31 heavy (non-hydrogen) atoms. The zero-order valence-electron chi connectivity index (χ0n) is 16.7. The molecule has 1 aliphatic rings. The molecule has 2 heterocycles. The highest BCUT2D eigenvalue weighted by atomic mass is 19.4. The molecule has 3 aromatic rings. The van der Waals surface area contributed by atoms with E-state index in [-0.39, 0.29) is 24.7 Å². The van der Waals surface area contributed by atoms with E-state index < -0.39 is 23.6 Å². The van der Waals surface area contributed by atoms with Crippen LogP contribution in [0.3, 0.4) is 0 Å². The molecule has 0 N–H and O–H groups in total. The molecule has 0 unspecified atom stereocenters.